The predicted octanol–water partition coefficient (Wildman–Crippen LogP) is 1.50. The van der Waals surface area contributed by atoms with Gasteiger partial charge in [-0.2, -0.15) is 0 Å². The van der Waals surface area contributed by atoms with Crippen LogP contribution in [0.25, 0.3) is 0 Å². The van der Waals surface area contributed by atoms with E-state index in [1.54, 1.807) is 0 Å². The van der Waals surface area contributed by atoms with E-state index in [2.05, 4.69) is 15.6 Å². The Morgan fingerprint density at radius 1 is 1.56 bits per heavy atom. The molecule has 3 atom stereocenters. The number of hydrogen-bond donors (Lipinski definition) is 2. The molecule has 2 aliphatic heterocycles. The van der Waals surface area contributed by atoms with Crippen LogP contribution in [0.5, 0.6) is 0 Å². The lowest BCUT2D eigenvalue weighted by Gasteiger charge is -2.21. The number of pyridine rings is 1. The minimum atomic E-state index is -0.622. The largest absolute Gasteiger partial charge is 0.346 e. The van der Waals surface area contributed by atoms with Crippen LogP contribution in [0.1, 0.15) is 29.8 Å². The number of hydrogen-bond acceptors (Lipinski definition) is 3. The fraction of sp³-hybridized carbons (Fsp3) is 0.500. The number of carbonyl (C=O) groups excluding carboxylic acids is 1. The average Bonchev–Trinajstić information content (AvgIpc) is 2.94. The molecule has 3 heterocycles. The van der Waals surface area contributed by atoms with Gasteiger partial charge in [0, 0.05) is 30.4 Å². The van der Waals surface area contributed by atoms with Crippen molar-refractivity contribution in [3.05, 3.63) is 28.8 Å². The fourth-order valence-corrected chi connectivity index (χ4v) is 2.87. The summed E-state index contributed by atoms with van der Waals surface area (Å²) in [5.41, 5.74) is 0.0691. The van der Waals surface area contributed by atoms with E-state index in [4.69, 9.17) is 11.6 Å². The molecule has 0 aromatic carbocycles. The Bertz CT molecular complexity index is 496. The van der Waals surface area contributed by atoms with Crippen molar-refractivity contribution in [2.45, 2.75) is 37.4 Å². The molecule has 1 aromatic rings. The number of amides is 1. The highest BCUT2D eigenvalue weighted by molar-refractivity contribution is 6.30. The molecule has 1 aromatic heterocycles. The van der Waals surface area contributed by atoms with Crippen molar-refractivity contribution >= 4 is 17.5 Å². The summed E-state index contributed by atoms with van der Waals surface area (Å²) < 4.78 is 13.2. The SMILES string of the molecule is O=C(NC1CC2CCC1N2)c1cc(F)c(Cl)cn1. The van der Waals surface area contributed by atoms with E-state index in [0.29, 0.717) is 12.1 Å². The van der Waals surface area contributed by atoms with Gasteiger partial charge in [0.05, 0.1) is 5.02 Å². The van der Waals surface area contributed by atoms with Gasteiger partial charge in [-0.3, -0.25) is 4.79 Å². The number of fused-ring (bicyclic) bond motifs is 2. The van der Waals surface area contributed by atoms with E-state index in [0.717, 1.165) is 25.1 Å². The number of nitrogens with zero attached hydrogens (tertiary/aromatic N) is 1. The molecule has 1 amide bonds. The van der Waals surface area contributed by atoms with Gasteiger partial charge >= 0.3 is 0 Å². The van der Waals surface area contributed by atoms with Crippen LogP contribution < -0.4 is 10.6 Å². The fourth-order valence-electron chi connectivity index (χ4n) is 2.76. The molecule has 0 radical (unpaired) electrons. The number of nitrogens with one attached hydrogen (secondary N) is 2. The summed E-state index contributed by atoms with van der Waals surface area (Å²) >= 11 is 5.53. The Balaban J connectivity index is 1.69. The van der Waals surface area contributed by atoms with Crippen molar-refractivity contribution in [1.29, 1.82) is 0 Å². The average molecular weight is 270 g/mol. The number of rotatable bonds is 2. The molecule has 6 heteroatoms. The molecular formula is C12H13ClFN3O. The lowest BCUT2D eigenvalue weighted by atomic mass is 9.95. The van der Waals surface area contributed by atoms with E-state index in [9.17, 15) is 9.18 Å². The maximum absolute atomic E-state index is 13.2. The summed E-state index contributed by atoms with van der Waals surface area (Å²) in [4.78, 5) is 15.8. The van der Waals surface area contributed by atoms with Crippen molar-refractivity contribution in [3.63, 3.8) is 0 Å². The topological polar surface area (TPSA) is 54.0 Å². The number of carbonyl (C=O) groups is 1. The lowest BCUT2D eigenvalue weighted by molar-refractivity contribution is 0.0925. The molecule has 3 rings (SSSR count). The first kappa shape index (κ1) is 11.9. The van der Waals surface area contributed by atoms with Gasteiger partial charge in [0.25, 0.3) is 5.91 Å². The molecule has 3 unspecified atom stereocenters. The Morgan fingerprint density at radius 3 is 3.00 bits per heavy atom. The minimum absolute atomic E-state index is 0.0691. The van der Waals surface area contributed by atoms with E-state index in [1.807, 2.05) is 0 Å². The van der Waals surface area contributed by atoms with Crippen LogP contribution in [0.3, 0.4) is 0 Å². The zero-order valence-corrected chi connectivity index (χ0v) is 10.4. The van der Waals surface area contributed by atoms with Crippen LogP contribution in [-0.4, -0.2) is 29.0 Å². The van der Waals surface area contributed by atoms with Gasteiger partial charge in [0.1, 0.15) is 11.5 Å². The van der Waals surface area contributed by atoms with E-state index < -0.39 is 5.82 Å². The number of halogens is 2. The predicted molar refractivity (Wildman–Crippen MR) is 65.0 cm³/mol. The molecule has 2 bridgehead atoms. The summed E-state index contributed by atoms with van der Waals surface area (Å²) in [6.45, 7) is 0. The summed E-state index contributed by atoms with van der Waals surface area (Å²) in [5.74, 6) is -0.965. The first-order valence-corrected chi connectivity index (χ1v) is 6.39. The highest BCUT2D eigenvalue weighted by Crippen LogP contribution is 2.28. The van der Waals surface area contributed by atoms with Gasteiger partial charge in [-0.25, -0.2) is 9.37 Å². The molecule has 2 fully saturated rings. The molecule has 2 aliphatic rings. The first-order chi connectivity index (χ1) is 8.63. The smallest absolute Gasteiger partial charge is 0.270 e. The van der Waals surface area contributed by atoms with Crippen molar-refractivity contribution in [2.75, 3.05) is 0 Å². The summed E-state index contributed by atoms with van der Waals surface area (Å²) in [5, 5.41) is 6.25. The minimum Gasteiger partial charge on any atom is -0.346 e. The van der Waals surface area contributed by atoms with E-state index in [1.165, 1.54) is 6.42 Å². The van der Waals surface area contributed by atoms with Gasteiger partial charge in [-0.05, 0) is 19.3 Å². The zero-order valence-electron chi connectivity index (χ0n) is 9.62. The molecule has 96 valence electrons. The second-order valence-electron chi connectivity index (χ2n) is 4.85. The molecule has 0 aliphatic carbocycles. The van der Waals surface area contributed by atoms with Gasteiger partial charge < -0.3 is 10.6 Å². The van der Waals surface area contributed by atoms with Gasteiger partial charge in [0.2, 0.25) is 0 Å². The summed E-state index contributed by atoms with van der Waals surface area (Å²) in [6.07, 6.45) is 4.35. The Labute approximate surface area is 109 Å². The second kappa shape index (κ2) is 4.48. The van der Waals surface area contributed by atoms with E-state index >= 15 is 0 Å². The van der Waals surface area contributed by atoms with Crippen molar-refractivity contribution < 1.29 is 9.18 Å². The van der Waals surface area contributed by atoms with Gasteiger partial charge in [-0.1, -0.05) is 11.6 Å². The second-order valence-corrected chi connectivity index (χ2v) is 5.25. The number of aromatic nitrogens is 1. The van der Waals surface area contributed by atoms with Crippen LogP contribution >= 0.6 is 11.6 Å². The standard InChI is InChI=1S/C12H13ClFN3O/c13-7-5-15-11(4-8(7)14)12(18)17-10-3-6-1-2-9(10)16-6/h4-6,9-10,16H,1-3H2,(H,17,18). The molecule has 0 saturated carbocycles. The Morgan fingerprint density at radius 2 is 2.39 bits per heavy atom. The molecular weight excluding hydrogens is 257 g/mol. The Hall–Kier alpha value is -1.20. The normalized spacial score (nSPS) is 29.6. The third-order valence-electron chi connectivity index (χ3n) is 3.66. The molecule has 2 N–H and O–H groups in total. The van der Waals surface area contributed by atoms with Crippen LogP contribution in [0.2, 0.25) is 5.02 Å². The monoisotopic (exact) mass is 269 g/mol. The van der Waals surface area contributed by atoms with Crippen molar-refractivity contribution in [2.24, 2.45) is 0 Å². The maximum Gasteiger partial charge on any atom is 0.270 e. The summed E-state index contributed by atoms with van der Waals surface area (Å²) in [7, 11) is 0. The third-order valence-corrected chi connectivity index (χ3v) is 3.94. The van der Waals surface area contributed by atoms with Crippen LogP contribution in [0, 0.1) is 5.82 Å². The van der Waals surface area contributed by atoms with Crippen LogP contribution in [0.4, 0.5) is 4.39 Å². The third kappa shape index (κ3) is 2.08. The van der Waals surface area contributed by atoms with E-state index in [-0.39, 0.29) is 22.7 Å². The molecule has 2 saturated heterocycles. The zero-order chi connectivity index (χ0) is 12.7. The summed E-state index contributed by atoms with van der Waals surface area (Å²) in [6, 6.07) is 2.04. The van der Waals surface area contributed by atoms with Crippen LogP contribution in [0.15, 0.2) is 12.3 Å². The molecule has 0 spiro atoms. The maximum atomic E-state index is 13.2. The Kier molecular flexibility index (Phi) is 2.95. The first-order valence-electron chi connectivity index (χ1n) is 6.01. The highest BCUT2D eigenvalue weighted by Gasteiger charge is 2.39. The molecule has 18 heavy (non-hydrogen) atoms. The lowest BCUT2D eigenvalue weighted by Crippen LogP contribution is -2.43. The highest BCUT2D eigenvalue weighted by atomic mass is 35.5. The molecule has 4 nitrogen and oxygen atoms in total. The van der Waals surface area contributed by atoms with Gasteiger partial charge in [-0.15, -0.1) is 0 Å². The van der Waals surface area contributed by atoms with Crippen molar-refractivity contribution in [3.8, 4) is 0 Å². The van der Waals surface area contributed by atoms with Crippen molar-refractivity contribution in [1.82, 2.24) is 15.6 Å². The van der Waals surface area contributed by atoms with Gasteiger partial charge in [0.15, 0.2) is 0 Å². The van der Waals surface area contributed by atoms with Crippen LogP contribution in [-0.2, 0) is 0 Å². The quantitative estimate of drug-likeness (QED) is 0.855.